The SMILES string of the molecule is COc1cccc(C(=O)Nc2ccc3c(c2)OC[C@@H](C)N(CC2CC2)C[C@H](C)[C@@H](OC)CN(C)C3=O)c1. The average molecular weight is 510 g/mol. The molecule has 8 nitrogen and oxygen atoms in total. The Morgan fingerprint density at radius 1 is 1.11 bits per heavy atom. The topological polar surface area (TPSA) is 80.3 Å². The van der Waals surface area contributed by atoms with Crippen LogP contribution in [0.3, 0.4) is 0 Å². The molecule has 200 valence electrons. The first kappa shape index (κ1) is 26.9. The molecule has 1 N–H and O–H groups in total. The van der Waals surface area contributed by atoms with Gasteiger partial charge in [-0.05, 0) is 61.9 Å². The van der Waals surface area contributed by atoms with Gasteiger partial charge in [-0.2, -0.15) is 0 Å². The predicted molar refractivity (Wildman–Crippen MR) is 144 cm³/mol. The van der Waals surface area contributed by atoms with Crippen LogP contribution in [-0.4, -0.2) is 81.3 Å². The van der Waals surface area contributed by atoms with Crippen molar-refractivity contribution in [3.63, 3.8) is 0 Å². The molecule has 1 aliphatic heterocycles. The molecule has 0 radical (unpaired) electrons. The zero-order chi connectivity index (χ0) is 26.5. The Hall–Kier alpha value is -3.10. The fourth-order valence-electron chi connectivity index (χ4n) is 4.78. The van der Waals surface area contributed by atoms with E-state index < -0.39 is 0 Å². The molecule has 2 aromatic rings. The van der Waals surface area contributed by atoms with Crippen LogP contribution in [0.1, 0.15) is 47.4 Å². The lowest BCUT2D eigenvalue weighted by molar-refractivity contribution is 0.00994. The van der Waals surface area contributed by atoms with Gasteiger partial charge in [-0.3, -0.25) is 14.5 Å². The van der Waals surface area contributed by atoms with Crippen LogP contribution in [0.2, 0.25) is 0 Å². The highest BCUT2D eigenvalue weighted by Crippen LogP contribution is 2.32. The Morgan fingerprint density at radius 2 is 1.89 bits per heavy atom. The Labute approximate surface area is 219 Å². The molecule has 1 heterocycles. The van der Waals surface area contributed by atoms with Crippen LogP contribution in [0.15, 0.2) is 42.5 Å². The molecule has 2 amide bonds. The van der Waals surface area contributed by atoms with E-state index in [4.69, 9.17) is 14.2 Å². The van der Waals surface area contributed by atoms with E-state index in [0.717, 1.165) is 19.0 Å². The van der Waals surface area contributed by atoms with Crippen molar-refractivity contribution in [3.05, 3.63) is 53.6 Å². The molecule has 3 atom stereocenters. The van der Waals surface area contributed by atoms with Crippen molar-refractivity contribution in [2.75, 3.05) is 52.8 Å². The third-order valence-corrected chi connectivity index (χ3v) is 7.36. The van der Waals surface area contributed by atoms with Crippen molar-refractivity contribution in [3.8, 4) is 11.5 Å². The van der Waals surface area contributed by atoms with Crippen molar-refractivity contribution in [2.45, 2.75) is 38.8 Å². The number of hydrogen-bond donors (Lipinski definition) is 1. The lowest BCUT2D eigenvalue weighted by Gasteiger charge is -2.36. The molecule has 37 heavy (non-hydrogen) atoms. The number of rotatable bonds is 6. The standard InChI is InChI=1S/C29H39N3O5/c1-19-15-32(16-21-9-10-21)20(2)18-37-26-14-23(30-28(33)22-7-6-8-24(13-22)35-4)11-12-25(26)29(34)31(3)17-27(19)36-5/h6-8,11-14,19-21,27H,9-10,15-18H2,1-5H3,(H,30,33)/t19-,20+,27-/m0/s1. The van der Waals surface area contributed by atoms with Crippen molar-refractivity contribution < 1.29 is 23.8 Å². The van der Waals surface area contributed by atoms with Crippen LogP contribution >= 0.6 is 0 Å². The van der Waals surface area contributed by atoms with Crippen LogP contribution < -0.4 is 14.8 Å². The first-order valence-corrected chi connectivity index (χ1v) is 13.0. The molecule has 8 heteroatoms. The van der Waals surface area contributed by atoms with Gasteiger partial charge in [0.2, 0.25) is 0 Å². The summed E-state index contributed by atoms with van der Waals surface area (Å²) in [5, 5.41) is 2.92. The second-order valence-electron chi connectivity index (χ2n) is 10.4. The smallest absolute Gasteiger partial charge is 0.257 e. The second-order valence-corrected chi connectivity index (χ2v) is 10.4. The lowest BCUT2D eigenvalue weighted by atomic mass is 10.0. The number of amides is 2. The van der Waals surface area contributed by atoms with Gasteiger partial charge in [0.25, 0.3) is 11.8 Å². The summed E-state index contributed by atoms with van der Waals surface area (Å²) in [6.07, 6.45) is 2.48. The van der Waals surface area contributed by atoms with Gasteiger partial charge < -0.3 is 24.4 Å². The van der Waals surface area contributed by atoms with Crippen molar-refractivity contribution >= 4 is 17.5 Å². The van der Waals surface area contributed by atoms with Gasteiger partial charge in [0, 0.05) is 57.2 Å². The highest BCUT2D eigenvalue weighted by Gasteiger charge is 2.31. The maximum atomic E-state index is 13.4. The summed E-state index contributed by atoms with van der Waals surface area (Å²) in [5.74, 6) is 1.67. The van der Waals surface area contributed by atoms with E-state index in [1.807, 2.05) is 0 Å². The van der Waals surface area contributed by atoms with E-state index in [2.05, 4.69) is 24.1 Å². The summed E-state index contributed by atoms with van der Waals surface area (Å²) in [6.45, 7) is 7.21. The number of anilines is 1. The third kappa shape index (κ3) is 6.81. The van der Waals surface area contributed by atoms with Gasteiger partial charge in [0.15, 0.2) is 0 Å². The normalized spacial score (nSPS) is 23.3. The van der Waals surface area contributed by atoms with Gasteiger partial charge in [0.05, 0.1) is 18.8 Å². The number of hydrogen-bond acceptors (Lipinski definition) is 6. The van der Waals surface area contributed by atoms with E-state index in [1.165, 1.54) is 12.8 Å². The molecule has 4 rings (SSSR count). The Bertz CT molecular complexity index is 1100. The van der Waals surface area contributed by atoms with Gasteiger partial charge in [0.1, 0.15) is 18.1 Å². The summed E-state index contributed by atoms with van der Waals surface area (Å²) in [5.41, 5.74) is 1.50. The van der Waals surface area contributed by atoms with Crippen LogP contribution in [0.25, 0.3) is 0 Å². The number of methoxy groups -OCH3 is 2. The van der Waals surface area contributed by atoms with Crippen molar-refractivity contribution in [1.82, 2.24) is 9.80 Å². The van der Waals surface area contributed by atoms with E-state index in [0.29, 0.717) is 41.5 Å². The fraction of sp³-hybridized carbons (Fsp3) is 0.517. The number of nitrogens with zero attached hydrogens (tertiary/aromatic N) is 2. The number of carbonyl (C=O) groups excluding carboxylic acids is 2. The third-order valence-electron chi connectivity index (χ3n) is 7.36. The number of benzene rings is 2. The van der Waals surface area contributed by atoms with Crippen LogP contribution in [-0.2, 0) is 4.74 Å². The van der Waals surface area contributed by atoms with E-state index in [9.17, 15) is 9.59 Å². The van der Waals surface area contributed by atoms with Crippen LogP contribution in [0, 0.1) is 11.8 Å². The summed E-state index contributed by atoms with van der Waals surface area (Å²) in [6, 6.07) is 12.3. The molecule has 2 aliphatic rings. The van der Waals surface area contributed by atoms with Gasteiger partial charge in [-0.15, -0.1) is 0 Å². The number of ether oxygens (including phenoxy) is 3. The Balaban J connectivity index is 1.60. The van der Waals surface area contributed by atoms with E-state index in [1.54, 1.807) is 68.6 Å². The lowest BCUT2D eigenvalue weighted by Crippen LogP contribution is -2.47. The Morgan fingerprint density at radius 3 is 2.59 bits per heavy atom. The second kappa shape index (κ2) is 12.0. The number of fused-ring (bicyclic) bond motifs is 1. The van der Waals surface area contributed by atoms with Crippen LogP contribution in [0.5, 0.6) is 11.5 Å². The molecule has 1 fully saturated rings. The first-order valence-electron chi connectivity index (χ1n) is 13.0. The zero-order valence-corrected chi connectivity index (χ0v) is 22.5. The zero-order valence-electron chi connectivity index (χ0n) is 22.5. The van der Waals surface area contributed by atoms with E-state index >= 15 is 0 Å². The molecule has 1 saturated carbocycles. The van der Waals surface area contributed by atoms with Crippen molar-refractivity contribution in [2.24, 2.45) is 11.8 Å². The largest absolute Gasteiger partial charge is 0.497 e. The van der Waals surface area contributed by atoms with Crippen LogP contribution in [0.4, 0.5) is 5.69 Å². The first-order chi connectivity index (χ1) is 17.8. The number of nitrogens with one attached hydrogen (secondary N) is 1. The molecule has 0 aromatic heterocycles. The molecular formula is C29H39N3O5. The molecule has 0 spiro atoms. The Kier molecular flexibility index (Phi) is 8.71. The van der Waals surface area contributed by atoms with Gasteiger partial charge in [-0.1, -0.05) is 13.0 Å². The maximum absolute atomic E-state index is 13.4. The van der Waals surface area contributed by atoms with E-state index in [-0.39, 0.29) is 29.9 Å². The predicted octanol–water partition coefficient (Wildman–Crippen LogP) is 4.16. The highest BCUT2D eigenvalue weighted by molar-refractivity contribution is 6.05. The van der Waals surface area contributed by atoms with Gasteiger partial charge >= 0.3 is 0 Å². The molecule has 1 aliphatic carbocycles. The summed E-state index contributed by atoms with van der Waals surface area (Å²) >= 11 is 0. The minimum atomic E-state index is -0.267. The molecule has 0 unspecified atom stereocenters. The van der Waals surface area contributed by atoms with Crippen molar-refractivity contribution in [1.29, 1.82) is 0 Å². The molecule has 2 aromatic carbocycles. The maximum Gasteiger partial charge on any atom is 0.257 e. The highest BCUT2D eigenvalue weighted by atomic mass is 16.5. The minimum absolute atomic E-state index is 0.0759. The molecular weight excluding hydrogens is 470 g/mol. The summed E-state index contributed by atoms with van der Waals surface area (Å²) in [4.78, 5) is 30.5. The summed E-state index contributed by atoms with van der Waals surface area (Å²) in [7, 11) is 5.07. The number of carbonyl (C=O) groups is 2. The quantitative estimate of drug-likeness (QED) is 0.630. The minimum Gasteiger partial charge on any atom is -0.497 e. The molecule has 0 bridgehead atoms. The summed E-state index contributed by atoms with van der Waals surface area (Å²) < 4.78 is 17.3. The van der Waals surface area contributed by atoms with Gasteiger partial charge in [-0.25, -0.2) is 0 Å². The number of likely N-dealkylation sites (N-methyl/N-ethyl adjacent to an activating group) is 1. The average Bonchev–Trinajstić information content (AvgIpc) is 3.73. The fourth-order valence-corrected chi connectivity index (χ4v) is 4.78. The molecule has 0 saturated heterocycles. The monoisotopic (exact) mass is 509 g/mol.